The number of carbonyl (C=O) groups excluding carboxylic acids is 1. The Morgan fingerprint density at radius 2 is 1.93 bits per heavy atom. The number of aromatic nitrogens is 3. The van der Waals surface area contributed by atoms with Crippen molar-refractivity contribution in [3.63, 3.8) is 0 Å². The molecule has 0 atom stereocenters. The average molecular weight is 435 g/mol. The molecule has 2 heterocycles. The number of Topliss-reactive ketones (excluding diaryl/α,β-unsaturated/α-hetero) is 1. The topological polar surface area (TPSA) is 102 Å². The number of hydrogen-bond acceptors (Lipinski definition) is 6. The zero-order chi connectivity index (χ0) is 20.9. The Morgan fingerprint density at radius 3 is 2.59 bits per heavy atom. The summed E-state index contributed by atoms with van der Waals surface area (Å²) in [6.45, 7) is -0.0432. The van der Waals surface area contributed by atoms with Crippen molar-refractivity contribution in [1.82, 2.24) is 19.7 Å². The second-order valence-corrected chi connectivity index (χ2v) is 8.25. The first-order valence-corrected chi connectivity index (χ1v) is 10.4. The first kappa shape index (κ1) is 21.0. The average Bonchev–Trinajstić information content (AvgIpc) is 2.73. The van der Waals surface area contributed by atoms with Crippen LogP contribution in [0.4, 0.5) is 4.39 Å². The van der Waals surface area contributed by atoms with Crippen LogP contribution < -0.4 is 4.72 Å². The highest BCUT2D eigenvalue weighted by Gasteiger charge is 2.16. The largest absolute Gasteiger partial charge is 0.292 e. The molecule has 0 unspecified atom stereocenters. The van der Waals surface area contributed by atoms with E-state index in [2.05, 4.69) is 19.7 Å². The summed E-state index contributed by atoms with van der Waals surface area (Å²) in [6, 6.07) is 6.30. The second-order valence-electron chi connectivity index (χ2n) is 6.07. The van der Waals surface area contributed by atoms with Gasteiger partial charge in [-0.25, -0.2) is 17.5 Å². The van der Waals surface area contributed by atoms with Crippen LogP contribution in [0.15, 0.2) is 60.0 Å². The number of nitrogens with zero attached hydrogens (tertiary/aromatic N) is 3. The molecule has 0 aliphatic heterocycles. The molecule has 3 aromatic rings. The Bertz CT molecular complexity index is 1110. The second kappa shape index (κ2) is 9.17. The van der Waals surface area contributed by atoms with Gasteiger partial charge in [0.25, 0.3) is 0 Å². The Hall–Kier alpha value is -2.75. The van der Waals surface area contributed by atoms with Gasteiger partial charge in [0.05, 0.1) is 15.6 Å². The molecule has 0 bridgehead atoms. The molecular weight excluding hydrogens is 419 g/mol. The lowest BCUT2D eigenvalue weighted by Crippen LogP contribution is -2.23. The fraction of sp³-hybridized carbons (Fsp3) is 0.158. The standard InChI is InChI=1S/C19H16ClFN4O3S/c20-16-9-15(3-4-17(16)21)29(27,28)25-11-13-1-5-18(24-10-13)19(26)6-2-14-12-22-7-8-23-14/h1,3-5,7-10,12,25H,2,6,11H2. The van der Waals surface area contributed by atoms with Gasteiger partial charge >= 0.3 is 0 Å². The van der Waals surface area contributed by atoms with E-state index in [1.54, 1.807) is 24.7 Å². The minimum atomic E-state index is -3.87. The molecule has 0 fully saturated rings. The number of ketones is 1. The van der Waals surface area contributed by atoms with E-state index in [1.165, 1.54) is 12.3 Å². The number of hydrogen-bond donors (Lipinski definition) is 1. The van der Waals surface area contributed by atoms with Crippen LogP contribution in [0.25, 0.3) is 0 Å². The van der Waals surface area contributed by atoms with Crippen LogP contribution >= 0.6 is 11.6 Å². The first-order chi connectivity index (χ1) is 13.8. The maximum atomic E-state index is 13.2. The van der Waals surface area contributed by atoms with E-state index in [9.17, 15) is 17.6 Å². The lowest BCUT2D eigenvalue weighted by Gasteiger charge is -2.08. The summed E-state index contributed by atoms with van der Waals surface area (Å²) in [5, 5.41) is -0.279. The number of benzene rings is 1. The van der Waals surface area contributed by atoms with E-state index >= 15 is 0 Å². The molecule has 0 saturated heterocycles. The number of rotatable bonds is 8. The molecular formula is C19H16ClFN4O3S. The molecule has 150 valence electrons. The maximum absolute atomic E-state index is 13.2. The van der Waals surface area contributed by atoms with Gasteiger partial charge in [-0.15, -0.1) is 0 Å². The summed E-state index contributed by atoms with van der Waals surface area (Å²) in [4.78, 5) is 24.2. The number of sulfonamides is 1. The summed E-state index contributed by atoms with van der Waals surface area (Å²) in [5.41, 5.74) is 1.56. The van der Waals surface area contributed by atoms with Gasteiger partial charge in [-0.1, -0.05) is 17.7 Å². The van der Waals surface area contributed by atoms with Gasteiger partial charge in [0, 0.05) is 37.8 Å². The highest BCUT2D eigenvalue weighted by atomic mass is 35.5. The number of aryl methyl sites for hydroxylation is 1. The fourth-order valence-electron chi connectivity index (χ4n) is 2.43. The molecule has 3 rings (SSSR count). The highest BCUT2D eigenvalue weighted by molar-refractivity contribution is 7.89. The predicted octanol–water partition coefficient (Wildman–Crippen LogP) is 2.96. The summed E-state index contributed by atoms with van der Waals surface area (Å²) in [7, 11) is -3.87. The van der Waals surface area contributed by atoms with Crippen LogP contribution in [0, 0.1) is 5.82 Å². The summed E-state index contributed by atoms with van der Waals surface area (Å²) < 4.78 is 40.2. The van der Waals surface area contributed by atoms with Crippen LogP contribution in [0.5, 0.6) is 0 Å². The Labute approximate surface area is 172 Å². The minimum Gasteiger partial charge on any atom is -0.292 e. The normalized spacial score (nSPS) is 11.4. The molecule has 0 saturated carbocycles. The highest BCUT2D eigenvalue weighted by Crippen LogP contribution is 2.19. The summed E-state index contributed by atoms with van der Waals surface area (Å²) in [6.07, 6.45) is 6.84. The van der Waals surface area contributed by atoms with Crippen molar-refractivity contribution in [2.45, 2.75) is 24.3 Å². The number of nitrogens with one attached hydrogen (secondary N) is 1. The van der Waals surface area contributed by atoms with E-state index in [0.717, 1.165) is 18.2 Å². The van der Waals surface area contributed by atoms with Crippen LogP contribution in [-0.4, -0.2) is 29.2 Å². The zero-order valence-corrected chi connectivity index (χ0v) is 16.6. The predicted molar refractivity (Wildman–Crippen MR) is 104 cm³/mol. The number of halogens is 2. The molecule has 1 aromatic carbocycles. The third kappa shape index (κ3) is 5.63. The van der Waals surface area contributed by atoms with Crippen molar-refractivity contribution in [2.24, 2.45) is 0 Å². The molecule has 0 aliphatic carbocycles. The monoisotopic (exact) mass is 434 g/mol. The molecule has 1 N–H and O–H groups in total. The Kier molecular flexibility index (Phi) is 6.63. The third-order valence-corrected chi connectivity index (χ3v) is 5.69. The molecule has 10 heteroatoms. The van der Waals surface area contributed by atoms with Crippen LogP contribution in [0.3, 0.4) is 0 Å². The van der Waals surface area contributed by atoms with E-state index in [-0.39, 0.29) is 34.4 Å². The van der Waals surface area contributed by atoms with Crippen molar-refractivity contribution in [3.8, 4) is 0 Å². The van der Waals surface area contributed by atoms with Crippen LogP contribution in [0.2, 0.25) is 5.02 Å². The maximum Gasteiger partial charge on any atom is 0.240 e. The lowest BCUT2D eigenvalue weighted by atomic mass is 10.1. The van der Waals surface area contributed by atoms with E-state index in [4.69, 9.17) is 11.6 Å². The quantitative estimate of drug-likeness (QED) is 0.547. The van der Waals surface area contributed by atoms with E-state index in [0.29, 0.717) is 17.7 Å². The van der Waals surface area contributed by atoms with Crippen molar-refractivity contribution >= 4 is 27.4 Å². The van der Waals surface area contributed by atoms with Gasteiger partial charge in [0.15, 0.2) is 5.78 Å². The van der Waals surface area contributed by atoms with Gasteiger partial charge in [-0.2, -0.15) is 0 Å². The lowest BCUT2D eigenvalue weighted by molar-refractivity contribution is 0.0977. The number of carbonyl (C=O) groups is 1. The first-order valence-electron chi connectivity index (χ1n) is 8.53. The SMILES string of the molecule is O=C(CCc1cnccn1)c1ccc(CNS(=O)(=O)c2ccc(F)c(Cl)c2)cn1. The molecule has 0 aliphatic rings. The van der Waals surface area contributed by atoms with Crippen molar-refractivity contribution < 1.29 is 17.6 Å². The van der Waals surface area contributed by atoms with Gasteiger partial charge in [0.1, 0.15) is 11.5 Å². The van der Waals surface area contributed by atoms with Crippen molar-refractivity contribution in [3.05, 3.63) is 82.9 Å². The van der Waals surface area contributed by atoms with Gasteiger partial charge in [-0.05, 0) is 36.2 Å². The van der Waals surface area contributed by atoms with Gasteiger partial charge in [0.2, 0.25) is 10.0 Å². The number of pyridine rings is 1. The molecule has 0 spiro atoms. The molecule has 7 nitrogen and oxygen atoms in total. The van der Waals surface area contributed by atoms with Crippen LogP contribution in [-0.2, 0) is 23.0 Å². The summed E-state index contributed by atoms with van der Waals surface area (Å²) >= 11 is 5.63. The molecule has 2 aromatic heterocycles. The minimum absolute atomic E-state index is 0.0432. The van der Waals surface area contributed by atoms with Gasteiger partial charge < -0.3 is 0 Å². The van der Waals surface area contributed by atoms with Gasteiger partial charge in [-0.3, -0.25) is 19.7 Å². The van der Waals surface area contributed by atoms with Crippen molar-refractivity contribution in [1.29, 1.82) is 0 Å². The summed E-state index contributed by atoms with van der Waals surface area (Å²) in [5.74, 6) is -0.849. The Balaban J connectivity index is 1.58. The van der Waals surface area contributed by atoms with E-state index in [1.807, 2.05) is 0 Å². The van der Waals surface area contributed by atoms with E-state index < -0.39 is 15.8 Å². The molecule has 29 heavy (non-hydrogen) atoms. The Morgan fingerprint density at radius 1 is 1.10 bits per heavy atom. The van der Waals surface area contributed by atoms with Crippen LogP contribution in [0.1, 0.15) is 28.2 Å². The third-order valence-electron chi connectivity index (χ3n) is 4.00. The molecule has 0 amide bonds. The smallest absolute Gasteiger partial charge is 0.240 e. The van der Waals surface area contributed by atoms with Crippen molar-refractivity contribution in [2.75, 3.05) is 0 Å². The molecule has 0 radical (unpaired) electrons. The fourth-order valence-corrected chi connectivity index (χ4v) is 3.72. The zero-order valence-electron chi connectivity index (χ0n) is 15.0.